The van der Waals surface area contributed by atoms with Crippen LogP contribution in [-0.4, -0.2) is 44.9 Å². The molecule has 26 heavy (non-hydrogen) atoms. The van der Waals surface area contributed by atoms with Crippen molar-refractivity contribution in [2.75, 3.05) is 31.2 Å². The SMILES string of the molecule is NS(=O)(=O)c1ccc(N2CCOCC2)c(-c2nc(-c3ccoc3)no2)c1. The largest absolute Gasteiger partial charge is 0.472 e. The second kappa shape index (κ2) is 6.56. The fourth-order valence-electron chi connectivity index (χ4n) is 2.79. The molecule has 2 aromatic heterocycles. The molecular formula is C16H16N4O5S. The Morgan fingerprint density at radius 2 is 1.96 bits per heavy atom. The van der Waals surface area contributed by atoms with Crippen LogP contribution in [-0.2, 0) is 14.8 Å². The molecule has 1 aliphatic heterocycles. The van der Waals surface area contributed by atoms with Gasteiger partial charge < -0.3 is 18.6 Å². The van der Waals surface area contributed by atoms with E-state index in [0.717, 1.165) is 5.69 Å². The van der Waals surface area contributed by atoms with Gasteiger partial charge in [0.25, 0.3) is 5.89 Å². The number of hydrogen-bond donors (Lipinski definition) is 1. The van der Waals surface area contributed by atoms with Crippen molar-refractivity contribution in [3.8, 4) is 22.8 Å². The van der Waals surface area contributed by atoms with Crippen LogP contribution in [0.1, 0.15) is 0 Å². The summed E-state index contributed by atoms with van der Waals surface area (Å²) < 4.78 is 39.3. The van der Waals surface area contributed by atoms with Crippen LogP contribution in [0, 0.1) is 0 Å². The van der Waals surface area contributed by atoms with Gasteiger partial charge in [-0.1, -0.05) is 5.16 Å². The van der Waals surface area contributed by atoms with Crippen molar-refractivity contribution in [1.82, 2.24) is 10.1 Å². The van der Waals surface area contributed by atoms with Crippen molar-refractivity contribution in [1.29, 1.82) is 0 Å². The fraction of sp³-hybridized carbons (Fsp3) is 0.250. The van der Waals surface area contributed by atoms with E-state index in [9.17, 15) is 8.42 Å². The van der Waals surface area contributed by atoms with Gasteiger partial charge >= 0.3 is 0 Å². The van der Waals surface area contributed by atoms with Crippen molar-refractivity contribution in [3.63, 3.8) is 0 Å². The molecule has 0 spiro atoms. The molecule has 3 heterocycles. The predicted octanol–water partition coefficient (Wildman–Crippen LogP) is 1.48. The third-order valence-corrected chi connectivity index (χ3v) is 5.00. The van der Waals surface area contributed by atoms with Crippen LogP contribution < -0.4 is 10.0 Å². The van der Waals surface area contributed by atoms with Gasteiger partial charge in [-0.25, -0.2) is 13.6 Å². The van der Waals surface area contributed by atoms with Crippen molar-refractivity contribution in [2.45, 2.75) is 4.90 Å². The lowest BCUT2D eigenvalue weighted by molar-refractivity contribution is 0.122. The van der Waals surface area contributed by atoms with Gasteiger partial charge in [0.1, 0.15) is 6.26 Å². The number of anilines is 1. The highest BCUT2D eigenvalue weighted by Crippen LogP contribution is 2.33. The number of aromatic nitrogens is 2. The number of rotatable bonds is 4. The molecule has 2 N–H and O–H groups in total. The van der Waals surface area contributed by atoms with Gasteiger partial charge in [-0.3, -0.25) is 0 Å². The van der Waals surface area contributed by atoms with E-state index in [1.165, 1.54) is 24.7 Å². The molecule has 136 valence electrons. The number of hydrogen-bond acceptors (Lipinski definition) is 8. The van der Waals surface area contributed by atoms with E-state index in [1.54, 1.807) is 12.1 Å². The summed E-state index contributed by atoms with van der Waals surface area (Å²) in [5, 5.41) is 9.22. The van der Waals surface area contributed by atoms with Gasteiger partial charge in [0.2, 0.25) is 15.8 Å². The topological polar surface area (TPSA) is 125 Å². The predicted molar refractivity (Wildman–Crippen MR) is 91.8 cm³/mol. The van der Waals surface area contributed by atoms with E-state index in [4.69, 9.17) is 18.8 Å². The zero-order chi connectivity index (χ0) is 18.1. The number of primary sulfonamides is 1. The highest BCUT2D eigenvalue weighted by atomic mass is 32.2. The van der Waals surface area contributed by atoms with E-state index >= 15 is 0 Å². The fourth-order valence-corrected chi connectivity index (χ4v) is 3.33. The number of sulfonamides is 1. The molecule has 1 saturated heterocycles. The van der Waals surface area contributed by atoms with Crippen LogP contribution in [0.5, 0.6) is 0 Å². The maximum absolute atomic E-state index is 11.8. The normalized spacial score (nSPS) is 15.3. The number of furan rings is 1. The Morgan fingerprint density at radius 3 is 2.65 bits per heavy atom. The van der Waals surface area contributed by atoms with Gasteiger partial charge in [0, 0.05) is 18.8 Å². The number of ether oxygens (including phenoxy) is 1. The van der Waals surface area contributed by atoms with Gasteiger partial charge in [-0.15, -0.1) is 0 Å². The summed E-state index contributed by atoms with van der Waals surface area (Å²) in [7, 11) is -3.87. The van der Waals surface area contributed by atoms with Crippen molar-refractivity contribution in [2.24, 2.45) is 5.14 Å². The number of nitrogens with zero attached hydrogens (tertiary/aromatic N) is 3. The van der Waals surface area contributed by atoms with E-state index in [2.05, 4.69) is 15.0 Å². The zero-order valence-electron chi connectivity index (χ0n) is 13.7. The molecule has 10 heteroatoms. The molecule has 0 amide bonds. The Bertz CT molecular complexity index is 1010. The first-order valence-corrected chi connectivity index (χ1v) is 9.43. The summed E-state index contributed by atoms with van der Waals surface area (Å²) in [5.41, 5.74) is 1.94. The first-order valence-electron chi connectivity index (χ1n) is 7.88. The van der Waals surface area contributed by atoms with Crippen LogP contribution in [0.25, 0.3) is 22.8 Å². The molecule has 4 rings (SSSR count). The van der Waals surface area contributed by atoms with Crippen LogP contribution in [0.3, 0.4) is 0 Å². The summed E-state index contributed by atoms with van der Waals surface area (Å²) in [6.45, 7) is 2.51. The van der Waals surface area contributed by atoms with Crippen molar-refractivity contribution in [3.05, 3.63) is 36.8 Å². The lowest BCUT2D eigenvalue weighted by atomic mass is 10.1. The second-order valence-corrected chi connectivity index (χ2v) is 7.32. The van der Waals surface area contributed by atoms with Crippen LogP contribution in [0.4, 0.5) is 5.69 Å². The van der Waals surface area contributed by atoms with Crippen LogP contribution >= 0.6 is 0 Å². The van der Waals surface area contributed by atoms with E-state index in [0.29, 0.717) is 43.3 Å². The van der Waals surface area contributed by atoms with E-state index in [1.807, 2.05) is 0 Å². The molecule has 1 aromatic carbocycles. The van der Waals surface area contributed by atoms with Gasteiger partial charge in [-0.05, 0) is 24.3 Å². The Labute approximate surface area is 149 Å². The molecule has 0 bridgehead atoms. The number of benzene rings is 1. The van der Waals surface area contributed by atoms with Gasteiger partial charge in [0.15, 0.2) is 0 Å². The quantitative estimate of drug-likeness (QED) is 0.726. The van der Waals surface area contributed by atoms with E-state index in [-0.39, 0.29) is 10.8 Å². The molecule has 0 aliphatic carbocycles. The zero-order valence-corrected chi connectivity index (χ0v) is 14.5. The summed E-state index contributed by atoms with van der Waals surface area (Å²) in [6, 6.07) is 6.32. The standard InChI is InChI=1S/C16H16N4O5S/c17-26(21,22)12-1-2-14(20-4-7-23-8-5-20)13(9-12)16-18-15(19-25-16)11-3-6-24-10-11/h1-3,6,9-10H,4-5,7-8H2,(H2,17,21,22). The van der Waals surface area contributed by atoms with Crippen LogP contribution in [0.2, 0.25) is 0 Å². The minimum atomic E-state index is -3.87. The van der Waals surface area contributed by atoms with E-state index < -0.39 is 10.0 Å². The second-order valence-electron chi connectivity index (χ2n) is 5.76. The Balaban J connectivity index is 1.81. The molecule has 1 fully saturated rings. The Kier molecular flexibility index (Phi) is 4.23. The Hall–Kier alpha value is -2.69. The van der Waals surface area contributed by atoms with Crippen LogP contribution in [0.15, 0.2) is 50.6 Å². The van der Waals surface area contributed by atoms with Gasteiger partial charge in [-0.2, -0.15) is 4.98 Å². The molecule has 3 aromatic rings. The van der Waals surface area contributed by atoms with Gasteiger partial charge in [0.05, 0.1) is 35.5 Å². The summed E-state index contributed by atoms with van der Waals surface area (Å²) in [6.07, 6.45) is 3.00. The summed E-state index contributed by atoms with van der Waals surface area (Å²) in [5.74, 6) is 0.552. The lowest BCUT2D eigenvalue weighted by Gasteiger charge is -2.30. The maximum atomic E-state index is 11.8. The maximum Gasteiger partial charge on any atom is 0.260 e. The molecular weight excluding hydrogens is 360 g/mol. The minimum absolute atomic E-state index is 0.0208. The molecule has 9 nitrogen and oxygen atoms in total. The molecule has 0 radical (unpaired) electrons. The highest BCUT2D eigenvalue weighted by Gasteiger charge is 2.22. The molecule has 1 aliphatic rings. The highest BCUT2D eigenvalue weighted by molar-refractivity contribution is 7.89. The monoisotopic (exact) mass is 376 g/mol. The first kappa shape index (κ1) is 16.8. The average Bonchev–Trinajstić information content (AvgIpc) is 3.32. The summed E-state index contributed by atoms with van der Waals surface area (Å²) in [4.78, 5) is 6.43. The number of nitrogens with two attached hydrogens (primary N) is 1. The smallest absolute Gasteiger partial charge is 0.260 e. The average molecular weight is 376 g/mol. The minimum Gasteiger partial charge on any atom is -0.472 e. The third-order valence-electron chi connectivity index (χ3n) is 4.08. The lowest BCUT2D eigenvalue weighted by Crippen LogP contribution is -2.36. The van der Waals surface area contributed by atoms with Crippen molar-refractivity contribution >= 4 is 15.7 Å². The first-order chi connectivity index (χ1) is 12.5. The molecule has 0 atom stereocenters. The molecule has 0 unspecified atom stereocenters. The Morgan fingerprint density at radius 1 is 1.15 bits per heavy atom. The third kappa shape index (κ3) is 3.21. The van der Waals surface area contributed by atoms with Crippen molar-refractivity contribution < 1.29 is 22.1 Å². The number of morpholine rings is 1. The summed E-state index contributed by atoms with van der Waals surface area (Å²) >= 11 is 0. The molecule has 0 saturated carbocycles.